The highest BCUT2D eigenvalue weighted by molar-refractivity contribution is 5.91. The van der Waals surface area contributed by atoms with Crippen molar-refractivity contribution >= 4 is 34.2 Å². The molecule has 1 aromatic carbocycles. The molecule has 1 saturated heterocycles. The van der Waals surface area contributed by atoms with E-state index in [2.05, 4.69) is 25.2 Å². The molecule has 0 aliphatic carbocycles. The molecule has 0 spiro atoms. The van der Waals surface area contributed by atoms with Crippen molar-refractivity contribution in [3.05, 3.63) is 41.6 Å². The normalized spacial score (nSPS) is 13.9. The quantitative estimate of drug-likeness (QED) is 0.578. The van der Waals surface area contributed by atoms with Gasteiger partial charge in [0.05, 0.1) is 17.3 Å². The summed E-state index contributed by atoms with van der Waals surface area (Å²) < 4.78 is 39.2. The van der Waals surface area contributed by atoms with Gasteiger partial charge in [0.15, 0.2) is 0 Å². The number of pyridine rings is 1. The number of nitrogen functional groups attached to an aromatic ring is 1. The van der Waals surface area contributed by atoms with E-state index in [1.165, 1.54) is 0 Å². The van der Waals surface area contributed by atoms with Crippen molar-refractivity contribution in [2.24, 2.45) is 0 Å². The van der Waals surface area contributed by atoms with Gasteiger partial charge in [-0.25, -0.2) is 9.97 Å². The molecule has 164 valence electrons. The van der Waals surface area contributed by atoms with Crippen LogP contribution in [0.4, 0.5) is 36.4 Å². The van der Waals surface area contributed by atoms with Gasteiger partial charge in [0, 0.05) is 44.8 Å². The molecule has 4 rings (SSSR count). The minimum atomic E-state index is -4.43. The van der Waals surface area contributed by atoms with Crippen LogP contribution >= 0.6 is 0 Å². The first-order valence-corrected chi connectivity index (χ1v) is 10.0. The number of hydrogen-bond donors (Lipinski definition) is 2. The summed E-state index contributed by atoms with van der Waals surface area (Å²) in [7, 11) is 3.79. The van der Waals surface area contributed by atoms with Crippen molar-refractivity contribution < 1.29 is 13.2 Å². The minimum Gasteiger partial charge on any atom is -0.399 e. The molecule has 0 bridgehead atoms. The lowest BCUT2D eigenvalue weighted by Crippen LogP contribution is -2.38. The van der Waals surface area contributed by atoms with E-state index in [4.69, 9.17) is 5.73 Å². The maximum absolute atomic E-state index is 13.1. The summed E-state index contributed by atoms with van der Waals surface area (Å²) in [6.45, 7) is 2.20. The number of nitrogens with zero attached hydrogens (tertiary/aromatic N) is 5. The molecule has 7 nitrogen and oxygen atoms in total. The number of alkyl halides is 3. The van der Waals surface area contributed by atoms with E-state index >= 15 is 0 Å². The molecule has 2 aromatic heterocycles. The van der Waals surface area contributed by atoms with Crippen LogP contribution in [0.25, 0.3) is 10.9 Å². The van der Waals surface area contributed by atoms with Crippen molar-refractivity contribution in [3.63, 3.8) is 0 Å². The third-order valence-corrected chi connectivity index (χ3v) is 5.20. The predicted molar refractivity (Wildman–Crippen MR) is 117 cm³/mol. The molecule has 0 amide bonds. The molecule has 1 fully saturated rings. The molecule has 31 heavy (non-hydrogen) atoms. The Kier molecular flexibility index (Phi) is 5.47. The largest absolute Gasteiger partial charge is 0.416 e. The second kappa shape index (κ2) is 8.09. The van der Waals surface area contributed by atoms with Gasteiger partial charge in [-0.2, -0.15) is 18.2 Å². The Bertz CT molecular complexity index is 1090. The Morgan fingerprint density at radius 1 is 1.13 bits per heavy atom. The van der Waals surface area contributed by atoms with E-state index in [1.807, 2.05) is 25.1 Å². The van der Waals surface area contributed by atoms with E-state index in [0.29, 0.717) is 35.8 Å². The number of fused-ring (bicyclic) bond motifs is 1. The maximum atomic E-state index is 13.1. The fraction of sp³-hybridized carbons (Fsp3) is 0.381. The monoisotopic (exact) mass is 431 g/mol. The molecule has 0 atom stereocenters. The molecule has 0 radical (unpaired) electrons. The highest BCUT2D eigenvalue weighted by Gasteiger charge is 2.31. The molecule has 3 aromatic rings. The topological polar surface area (TPSA) is 83.2 Å². The number of aromatic nitrogens is 3. The SMILES string of the molecule is CN(C)c1cc2c(NCCc3cc(N)cc(C(F)(F)F)c3)nc(N3CCC3)nc2cn1. The van der Waals surface area contributed by atoms with Gasteiger partial charge in [0.1, 0.15) is 11.6 Å². The van der Waals surface area contributed by atoms with Crippen LogP contribution in [0, 0.1) is 0 Å². The molecule has 3 heterocycles. The first-order chi connectivity index (χ1) is 14.7. The summed E-state index contributed by atoms with van der Waals surface area (Å²) in [6, 6.07) is 5.55. The van der Waals surface area contributed by atoms with Crippen LogP contribution in [0.15, 0.2) is 30.5 Å². The third-order valence-electron chi connectivity index (χ3n) is 5.20. The van der Waals surface area contributed by atoms with Gasteiger partial charge in [-0.05, 0) is 42.7 Å². The fourth-order valence-electron chi connectivity index (χ4n) is 3.40. The Hall–Kier alpha value is -3.30. The zero-order chi connectivity index (χ0) is 22.2. The summed E-state index contributed by atoms with van der Waals surface area (Å²) in [6.07, 6.45) is -1.25. The molecule has 1 aliphatic rings. The molecule has 3 N–H and O–H groups in total. The third kappa shape index (κ3) is 4.57. The lowest BCUT2D eigenvalue weighted by molar-refractivity contribution is -0.137. The standard InChI is InChI=1S/C21H24F3N7/c1-30(2)18-11-16-17(12-27-18)28-20(31-6-3-7-31)29-19(16)26-5-4-13-8-14(21(22,23)24)10-15(25)9-13/h8-12H,3-7,25H2,1-2H3,(H,26,28,29). The second-order valence-electron chi connectivity index (χ2n) is 7.80. The van der Waals surface area contributed by atoms with Gasteiger partial charge in [-0.1, -0.05) is 0 Å². The lowest BCUT2D eigenvalue weighted by atomic mass is 10.1. The van der Waals surface area contributed by atoms with Crippen molar-refractivity contribution in [2.45, 2.75) is 19.0 Å². The lowest BCUT2D eigenvalue weighted by Gasteiger charge is -2.31. The Morgan fingerprint density at radius 2 is 1.90 bits per heavy atom. The van der Waals surface area contributed by atoms with Gasteiger partial charge in [-0.3, -0.25) is 0 Å². The second-order valence-corrected chi connectivity index (χ2v) is 7.80. The highest BCUT2D eigenvalue weighted by Crippen LogP contribution is 2.32. The van der Waals surface area contributed by atoms with Crippen molar-refractivity contribution in [1.82, 2.24) is 15.0 Å². The van der Waals surface area contributed by atoms with E-state index in [1.54, 1.807) is 12.3 Å². The molecular formula is C21H24F3N7. The van der Waals surface area contributed by atoms with Crippen LogP contribution in [0.1, 0.15) is 17.5 Å². The predicted octanol–water partition coefficient (Wildman–Crippen LogP) is 3.56. The summed E-state index contributed by atoms with van der Waals surface area (Å²) >= 11 is 0. The van der Waals surface area contributed by atoms with Crippen LogP contribution in [-0.2, 0) is 12.6 Å². The maximum Gasteiger partial charge on any atom is 0.416 e. The van der Waals surface area contributed by atoms with E-state index in [0.717, 1.165) is 42.8 Å². The number of anilines is 4. The van der Waals surface area contributed by atoms with Gasteiger partial charge in [-0.15, -0.1) is 0 Å². The van der Waals surface area contributed by atoms with E-state index in [9.17, 15) is 13.2 Å². The smallest absolute Gasteiger partial charge is 0.399 e. The first kappa shape index (κ1) is 21.0. The minimum absolute atomic E-state index is 0.0964. The van der Waals surface area contributed by atoms with Crippen LogP contribution in [0.3, 0.4) is 0 Å². The van der Waals surface area contributed by atoms with Gasteiger partial charge in [0.2, 0.25) is 5.95 Å². The highest BCUT2D eigenvalue weighted by atomic mass is 19.4. The molecule has 0 unspecified atom stereocenters. The average Bonchev–Trinajstić information content (AvgIpc) is 2.65. The number of rotatable bonds is 6. The van der Waals surface area contributed by atoms with Crippen LogP contribution in [0.2, 0.25) is 0 Å². The summed E-state index contributed by atoms with van der Waals surface area (Å²) in [5.41, 5.74) is 6.26. The van der Waals surface area contributed by atoms with Gasteiger partial charge in [0.25, 0.3) is 0 Å². The zero-order valence-electron chi connectivity index (χ0n) is 17.4. The van der Waals surface area contributed by atoms with Gasteiger partial charge < -0.3 is 20.9 Å². The number of nitrogens with one attached hydrogen (secondary N) is 1. The summed E-state index contributed by atoms with van der Waals surface area (Å²) in [5, 5.41) is 4.09. The average molecular weight is 431 g/mol. The van der Waals surface area contributed by atoms with Gasteiger partial charge >= 0.3 is 6.18 Å². The Labute approximate surface area is 178 Å². The molecule has 10 heteroatoms. The molecular weight excluding hydrogens is 407 g/mol. The van der Waals surface area contributed by atoms with E-state index in [-0.39, 0.29) is 5.69 Å². The van der Waals surface area contributed by atoms with Crippen molar-refractivity contribution in [2.75, 3.05) is 54.6 Å². The van der Waals surface area contributed by atoms with E-state index < -0.39 is 11.7 Å². The Morgan fingerprint density at radius 3 is 2.55 bits per heavy atom. The summed E-state index contributed by atoms with van der Waals surface area (Å²) in [5.74, 6) is 2.03. The number of halogens is 3. The molecule has 1 aliphatic heterocycles. The van der Waals surface area contributed by atoms with Crippen molar-refractivity contribution in [3.8, 4) is 0 Å². The number of nitrogens with two attached hydrogens (primary N) is 1. The summed E-state index contributed by atoms with van der Waals surface area (Å²) in [4.78, 5) is 17.7. The van der Waals surface area contributed by atoms with Crippen molar-refractivity contribution in [1.29, 1.82) is 0 Å². The van der Waals surface area contributed by atoms with Crippen LogP contribution in [0.5, 0.6) is 0 Å². The van der Waals surface area contributed by atoms with Crippen LogP contribution < -0.4 is 20.9 Å². The van der Waals surface area contributed by atoms with Crippen LogP contribution in [-0.4, -0.2) is 48.7 Å². The fourth-order valence-corrected chi connectivity index (χ4v) is 3.40. The Balaban J connectivity index is 1.60. The number of hydrogen-bond acceptors (Lipinski definition) is 7. The molecule has 0 saturated carbocycles. The number of benzene rings is 1. The zero-order valence-corrected chi connectivity index (χ0v) is 17.4. The first-order valence-electron chi connectivity index (χ1n) is 10.0.